The molecule has 2 aromatic carbocycles. The van der Waals surface area contributed by atoms with Crippen LogP contribution in [-0.4, -0.2) is 62.1 Å². The minimum Gasteiger partial charge on any atom is -0.497 e. The van der Waals surface area contributed by atoms with Crippen molar-refractivity contribution in [3.8, 4) is 17.1 Å². The molecule has 1 amide bonds. The zero-order valence-corrected chi connectivity index (χ0v) is 21.1. The quantitative estimate of drug-likeness (QED) is 0.441. The van der Waals surface area contributed by atoms with Crippen LogP contribution < -0.4 is 9.64 Å². The number of carbonyl (C=O) groups excluding carboxylic acids is 1. The maximum Gasteiger partial charge on any atom is 0.276 e. The summed E-state index contributed by atoms with van der Waals surface area (Å²) in [5.74, 6) is 0.866. The number of hydrogen-bond donors (Lipinski definition) is 0. The predicted molar refractivity (Wildman–Crippen MR) is 135 cm³/mol. The lowest BCUT2D eigenvalue weighted by Gasteiger charge is -2.28. The normalized spacial score (nSPS) is 16.7. The number of nitrogens with zero attached hydrogens (tertiary/aromatic N) is 3. The number of anilines is 1. The molecule has 1 aliphatic heterocycles. The summed E-state index contributed by atoms with van der Waals surface area (Å²) in [6.45, 7) is 6.32. The molecule has 1 saturated heterocycles. The number of carbonyl (C=O) groups is 1. The second-order valence-electron chi connectivity index (χ2n) is 8.63. The molecule has 35 heavy (non-hydrogen) atoms. The molecule has 1 fully saturated rings. The van der Waals surface area contributed by atoms with Gasteiger partial charge in [-0.3, -0.25) is 4.79 Å². The fraction of sp³-hybridized carbons (Fsp3) is 0.385. The first-order valence-electron chi connectivity index (χ1n) is 11.8. The lowest BCUT2D eigenvalue weighted by atomic mass is 10.1. The molecular weight excluding hydrogens is 466 g/mol. The van der Waals surface area contributed by atoms with E-state index in [0.29, 0.717) is 24.5 Å². The first kappa shape index (κ1) is 24.8. The average molecular weight is 498 g/mol. The van der Waals surface area contributed by atoms with Crippen LogP contribution in [0.4, 0.5) is 5.69 Å². The largest absolute Gasteiger partial charge is 0.497 e. The molecule has 0 aliphatic carbocycles. The van der Waals surface area contributed by atoms with E-state index in [9.17, 15) is 13.2 Å². The van der Waals surface area contributed by atoms with Gasteiger partial charge in [0.15, 0.2) is 21.3 Å². The predicted octanol–water partition coefficient (Wildman–Crippen LogP) is 4.03. The van der Waals surface area contributed by atoms with Crippen molar-refractivity contribution in [3.63, 3.8) is 0 Å². The molecule has 1 aromatic heterocycles. The van der Waals surface area contributed by atoms with E-state index in [0.717, 1.165) is 29.9 Å². The van der Waals surface area contributed by atoms with E-state index in [1.165, 1.54) is 0 Å². The zero-order valence-electron chi connectivity index (χ0n) is 20.3. The van der Waals surface area contributed by atoms with Gasteiger partial charge in [0.2, 0.25) is 0 Å². The van der Waals surface area contributed by atoms with Gasteiger partial charge in [-0.25, -0.2) is 8.42 Å². The summed E-state index contributed by atoms with van der Waals surface area (Å²) in [7, 11) is -1.58. The van der Waals surface area contributed by atoms with Crippen LogP contribution in [0.2, 0.25) is 0 Å². The number of sulfone groups is 1. The molecule has 0 bridgehead atoms. The van der Waals surface area contributed by atoms with Crippen LogP contribution in [0, 0.1) is 0 Å². The van der Waals surface area contributed by atoms with Crippen LogP contribution in [0.15, 0.2) is 59.1 Å². The third-order valence-corrected chi connectivity index (χ3v) is 8.18. The number of rotatable bonds is 9. The molecular formula is C26H31N3O5S. The molecule has 1 atom stereocenters. The van der Waals surface area contributed by atoms with Crippen LogP contribution in [0.3, 0.4) is 0 Å². The average Bonchev–Trinajstić information content (AvgIpc) is 3.50. The van der Waals surface area contributed by atoms with E-state index in [1.807, 2.05) is 36.4 Å². The first-order valence-corrected chi connectivity index (χ1v) is 13.6. The minimum absolute atomic E-state index is 0.0422. The topological polar surface area (TPSA) is 92.9 Å². The highest BCUT2D eigenvalue weighted by atomic mass is 32.2. The minimum atomic E-state index is -3.17. The van der Waals surface area contributed by atoms with E-state index < -0.39 is 15.9 Å². The molecule has 1 aliphatic rings. The van der Waals surface area contributed by atoms with Gasteiger partial charge in [0.25, 0.3) is 5.91 Å². The van der Waals surface area contributed by atoms with E-state index in [4.69, 9.17) is 9.26 Å². The number of methoxy groups -OCH3 is 1. The van der Waals surface area contributed by atoms with Gasteiger partial charge in [-0.15, -0.1) is 0 Å². The number of amides is 1. The van der Waals surface area contributed by atoms with Crippen molar-refractivity contribution in [1.82, 2.24) is 10.1 Å². The summed E-state index contributed by atoms with van der Waals surface area (Å²) in [6.07, 6.45) is 0.412. The number of benzene rings is 2. The van der Waals surface area contributed by atoms with Crippen LogP contribution in [0.5, 0.6) is 5.75 Å². The zero-order chi connectivity index (χ0) is 25.0. The van der Waals surface area contributed by atoms with Crippen molar-refractivity contribution < 1.29 is 22.5 Å². The van der Waals surface area contributed by atoms with Gasteiger partial charge >= 0.3 is 0 Å². The summed E-state index contributed by atoms with van der Waals surface area (Å²) >= 11 is 0. The highest BCUT2D eigenvalue weighted by Crippen LogP contribution is 2.27. The molecule has 186 valence electrons. The van der Waals surface area contributed by atoms with Crippen LogP contribution >= 0.6 is 0 Å². The molecule has 8 nitrogen and oxygen atoms in total. The lowest BCUT2D eigenvalue weighted by Crippen LogP contribution is -2.40. The molecule has 0 spiro atoms. The Kier molecular flexibility index (Phi) is 7.45. The molecule has 9 heteroatoms. The Hall–Kier alpha value is -3.33. The maximum absolute atomic E-state index is 13.5. The first-order chi connectivity index (χ1) is 16.8. The standard InChI is InChI=1S/C26H31N3O5S/c1-4-28(5-2)21-10-6-19(7-11-21)17-29(22-14-15-35(31,32)18-22)26(30)24-16-25(34-27-24)20-8-12-23(33-3)13-9-20/h6-13,16,22H,4-5,14-15,17-18H2,1-3H3/t22-/m1/s1. The van der Waals surface area contributed by atoms with Crippen molar-refractivity contribution in [3.05, 3.63) is 65.9 Å². The maximum atomic E-state index is 13.5. The van der Waals surface area contributed by atoms with Crippen LogP contribution in [-0.2, 0) is 16.4 Å². The van der Waals surface area contributed by atoms with Gasteiger partial charge in [-0.1, -0.05) is 17.3 Å². The summed E-state index contributed by atoms with van der Waals surface area (Å²) in [5.41, 5.74) is 2.96. The smallest absolute Gasteiger partial charge is 0.276 e. The Morgan fingerprint density at radius 2 is 1.77 bits per heavy atom. The van der Waals surface area contributed by atoms with E-state index >= 15 is 0 Å². The van der Waals surface area contributed by atoms with Crippen molar-refractivity contribution in [2.45, 2.75) is 32.9 Å². The fourth-order valence-corrected chi connectivity index (χ4v) is 6.13. The van der Waals surface area contributed by atoms with Gasteiger partial charge in [0.05, 0.1) is 18.6 Å². The molecule has 0 saturated carbocycles. The Bertz CT molecular complexity index is 1250. The van der Waals surface area contributed by atoms with E-state index in [-0.39, 0.29) is 23.1 Å². The summed E-state index contributed by atoms with van der Waals surface area (Å²) < 4.78 is 35.0. The summed E-state index contributed by atoms with van der Waals surface area (Å²) in [6, 6.07) is 16.5. The second kappa shape index (κ2) is 10.5. The summed E-state index contributed by atoms with van der Waals surface area (Å²) in [5, 5.41) is 4.01. The molecule has 2 heterocycles. The molecule has 4 rings (SSSR count). The third-order valence-electron chi connectivity index (χ3n) is 6.43. The SMILES string of the molecule is CCN(CC)c1ccc(CN(C(=O)c2cc(-c3ccc(OC)cc3)on2)[C@@H]2CCS(=O)(=O)C2)cc1. The second-order valence-corrected chi connectivity index (χ2v) is 10.9. The monoisotopic (exact) mass is 497 g/mol. The van der Waals surface area contributed by atoms with Gasteiger partial charge < -0.3 is 19.1 Å². The Morgan fingerprint density at radius 1 is 1.09 bits per heavy atom. The Balaban J connectivity index is 1.58. The summed E-state index contributed by atoms with van der Waals surface area (Å²) in [4.78, 5) is 17.4. The van der Waals surface area contributed by atoms with Crippen molar-refractivity contribution in [2.24, 2.45) is 0 Å². The van der Waals surface area contributed by atoms with E-state index in [1.54, 1.807) is 30.2 Å². The van der Waals surface area contributed by atoms with Crippen molar-refractivity contribution in [1.29, 1.82) is 0 Å². The molecule has 3 aromatic rings. The van der Waals surface area contributed by atoms with Crippen LogP contribution in [0.25, 0.3) is 11.3 Å². The van der Waals surface area contributed by atoms with Crippen molar-refractivity contribution >= 4 is 21.4 Å². The molecule has 0 radical (unpaired) electrons. The molecule has 0 unspecified atom stereocenters. The fourth-order valence-electron chi connectivity index (χ4n) is 4.40. The highest BCUT2D eigenvalue weighted by molar-refractivity contribution is 7.91. The van der Waals surface area contributed by atoms with Gasteiger partial charge in [0, 0.05) is 43.0 Å². The Labute approximate surface area is 206 Å². The number of aromatic nitrogens is 1. The van der Waals surface area contributed by atoms with Crippen molar-refractivity contribution in [2.75, 3.05) is 36.6 Å². The number of ether oxygens (including phenoxy) is 1. The van der Waals surface area contributed by atoms with Gasteiger partial charge in [0.1, 0.15) is 5.75 Å². The van der Waals surface area contributed by atoms with Gasteiger partial charge in [-0.2, -0.15) is 0 Å². The van der Waals surface area contributed by atoms with E-state index in [2.05, 4.69) is 23.9 Å². The Morgan fingerprint density at radius 3 is 2.34 bits per heavy atom. The highest BCUT2D eigenvalue weighted by Gasteiger charge is 2.36. The number of hydrogen-bond acceptors (Lipinski definition) is 7. The third kappa shape index (κ3) is 5.67. The lowest BCUT2D eigenvalue weighted by molar-refractivity contribution is 0.0670. The van der Waals surface area contributed by atoms with Crippen LogP contribution in [0.1, 0.15) is 36.3 Å². The molecule has 0 N–H and O–H groups in total. The van der Waals surface area contributed by atoms with Gasteiger partial charge in [-0.05, 0) is 62.2 Å².